The largest absolute Gasteiger partial charge is 0.298 e. The number of nitrogens with zero attached hydrogens (tertiary/aromatic N) is 1. The van der Waals surface area contributed by atoms with Gasteiger partial charge in [-0.05, 0) is 18.2 Å². The van der Waals surface area contributed by atoms with Crippen LogP contribution in [0.3, 0.4) is 0 Å². The Morgan fingerprint density at radius 1 is 1.08 bits per heavy atom. The zero-order valence-electron chi connectivity index (χ0n) is 12.7. The highest BCUT2D eigenvalue weighted by Crippen LogP contribution is 2.31. The molecule has 0 saturated carbocycles. The first-order valence-corrected chi connectivity index (χ1v) is 8.00. The molecule has 0 bridgehead atoms. The van der Waals surface area contributed by atoms with Gasteiger partial charge in [-0.3, -0.25) is 14.9 Å². The SMILES string of the molecule is CC(=O)c1sc(NC(=O)c2cccc(F)c2)nc1-c1ccccc1. The highest BCUT2D eigenvalue weighted by Gasteiger charge is 2.18. The van der Waals surface area contributed by atoms with Crippen molar-refractivity contribution in [3.63, 3.8) is 0 Å². The van der Waals surface area contributed by atoms with Gasteiger partial charge in [0.15, 0.2) is 10.9 Å². The molecule has 0 aliphatic carbocycles. The molecule has 4 nitrogen and oxygen atoms in total. The fourth-order valence-electron chi connectivity index (χ4n) is 2.20. The molecule has 0 spiro atoms. The Labute approximate surface area is 142 Å². The number of rotatable bonds is 4. The van der Waals surface area contributed by atoms with Crippen LogP contribution in [0.5, 0.6) is 0 Å². The van der Waals surface area contributed by atoms with Crippen LogP contribution >= 0.6 is 11.3 Å². The van der Waals surface area contributed by atoms with Gasteiger partial charge in [-0.1, -0.05) is 47.7 Å². The van der Waals surface area contributed by atoms with Crippen LogP contribution < -0.4 is 5.32 Å². The van der Waals surface area contributed by atoms with Gasteiger partial charge in [-0.15, -0.1) is 0 Å². The van der Waals surface area contributed by atoms with Crippen LogP contribution in [0.15, 0.2) is 54.6 Å². The van der Waals surface area contributed by atoms with Crippen LogP contribution in [0.25, 0.3) is 11.3 Å². The van der Waals surface area contributed by atoms with Gasteiger partial charge < -0.3 is 0 Å². The number of aromatic nitrogens is 1. The topological polar surface area (TPSA) is 59.1 Å². The van der Waals surface area contributed by atoms with Crippen molar-refractivity contribution >= 4 is 28.2 Å². The van der Waals surface area contributed by atoms with Crippen molar-refractivity contribution in [3.05, 3.63) is 70.9 Å². The zero-order valence-corrected chi connectivity index (χ0v) is 13.6. The smallest absolute Gasteiger partial charge is 0.257 e. The molecule has 6 heteroatoms. The normalized spacial score (nSPS) is 10.4. The Balaban J connectivity index is 1.92. The number of ketones is 1. The number of anilines is 1. The number of Topliss-reactive ketones (excluding diaryl/α,β-unsaturated/α-hetero) is 1. The Bertz CT molecular complexity index is 906. The molecule has 3 aromatic rings. The summed E-state index contributed by atoms with van der Waals surface area (Å²) in [6, 6.07) is 14.6. The number of carbonyl (C=O) groups excluding carboxylic acids is 2. The van der Waals surface area contributed by atoms with Crippen LogP contribution in [0.1, 0.15) is 27.0 Å². The minimum atomic E-state index is -0.490. The molecule has 0 saturated heterocycles. The van der Waals surface area contributed by atoms with Crippen LogP contribution in [0, 0.1) is 5.82 Å². The van der Waals surface area contributed by atoms with Gasteiger partial charge in [-0.2, -0.15) is 0 Å². The number of thiazole rings is 1. The predicted octanol–water partition coefficient (Wildman–Crippen LogP) is 4.40. The maximum atomic E-state index is 13.2. The molecule has 0 unspecified atom stereocenters. The Hall–Kier alpha value is -2.86. The summed E-state index contributed by atoms with van der Waals surface area (Å²) in [5.41, 5.74) is 1.52. The van der Waals surface area contributed by atoms with E-state index in [1.165, 1.54) is 25.1 Å². The van der Waals surface area contributed by atoms with E-state index in [-0.39, 0.29) is 11.3 Å². The van der Waals surface area contributed by atoms with E-state index < -0.39 is 11.7 Å². The lowest BCUT2D eigenvalue weighted by molar-refractivity contribution is 0.101. The minimum absolute atomic E-state index is 0.127. The van der Waals surface area contributed by atoms with Gasteiger partial charge in [-0.25, -0.2) is 9.37 Å². The number of nitrogens with one attached hydrogen (secondary N) is 1. The standard InChI is InChI=1S/C18H13FN2O2S/c1-11(22)16-15(12-6-3-2-4-7-12)20-18(24-16)21-17(23)13-8-5-9-14(19)10-13/h2-10H,1H3,(H,20,21,23). The van der Waals surface area contributed by atoms with E-state index in [4.69, 9.17) is 0 Å². The zero-order chi connectivity index (χ0) is 17.1. The summed E-state index contributed by atoms with van der Waals surface area (Å²) in [6.07, 6.45) is 0. The quantitative estimate of drug-likeness (QED) is 0.716. The lowest BCUT2D eigenvalue weighted by Gasteiger charge is -2.01. The van der Waals surface area contributed by atoms with Crippen molar-refractivity contribution in [1.82, 2.24) is 4.98 Å². The fraction of sp³-hybridized carbons (Fsp3) is 0.0556. The highest BCUT2D eigenvalue weighted by molar-refractivity contribution is 7.18. The number of benzene rings is 2. The molecule has 0 radical (unpaired) electrons. The van der Waals surface area contributed by atoms with Crippen molar-refractivity contribution in [2.45, 2.75) is 6.92 Å². The second kappa shape index (κ2) is 6.72. The molecule has 1 amide bonds. The molecule has 3 rings (SSSR count). The lowest BCUT2D eigenvalue weighted by atomic mass is 10.1. The predicted molar refractivity (Wildman–Crippen MR) is 91.9 cm³/mol. The van der Waals surface area contributed by atoms with Gasteiger partial charge in [0, 0.05) is 18.1 Å². The maximum Gasteiger partial charge on any atom is 0.257 e. The summed E-state index contributed by atoms with van der Waals surface area (Å²) in [6.45, 7) is 1.46. The molecule has 24 heavy (non-hydrogen) atoms. The number of amides is 1. The summed E-state index contributed by atoms with van der Waals surface area (Å²) >= 11 is 1.10. The average Bonchev–Trinajstić information content (AvgIpc) is 3.00. The molecular weight excluding hydrogens is 327 g/mol. The van der Waals surface area contributed by atoms with Gasteiger partial charge in [0.2, 0.25) is 0 Å². The second-order valence-electron chi connectivity index (χ2n) is 5.08. The van der Waals surface area contributed by atoms with Gasteiger partial charge >= 0.3 is 0 Å². The van der Waals surface area contributed by atoms with E-state index >= 15 is 0 Å². The van der Waals surface area contributed by atoms with Gasteiger partial charge in [0.1, 0.15) is 5.82 Å². The lowest BCUT2D eigenvalue weighted by Crippen LogP contribution is -2.11. The third kappa shape index (κ3) is 3.38. The number of hydrogen-bond acceptors (Lipinski definition) is 4. The Kier molecular flexibility index (Phi) is 4.48. The van der Waals surface area contributed by atoms with Crippen LogP contribution in [0.2, 0.25) is 0 Å². The first-order valence-electron chi connectivity index (χ1n) is 7.18. The van der Waals surface area contributed by atoms with Crippen molar-refractivity contribution in [2.24, 2.45) is 0 Å². The van der Waals surface area contributed by atoms with E-state index in [2.05, 4.69) is 10.3 Å². The molecular formula is C18H13FN2O2S. The second-order valence-corrected chi connectivity index (χ2v) is 6.08. The van der Waals surface area contributed by atoms with Crippen LogP contribution in [-0.4, -0.2) is 16.7 Å². The molecule has 1 N–H and O–H groups in total. The summed E-state index contributed by atoms with van der Waals surface area (Å²) in [4.78, 5) is 28.9. The third-order valence-electron chi connectivity index (χ3n) is 3.30. The van der Waals surface area contributed by atoms with Crippen molar-refractivity contribution in [3.8, 4) is 11.3 Å². The highest BCUT2D eigenvalue weighted by atomic mass is 32.1. The van der Waals surface area contributed by atoms with Crippen molar-refractivity contribution in [2.75, 3.05) is 5.32 Å². The fourth-order valence-corrected chi connectivity index (χ4v) is 3.08. The first-order chi connectivity index (χ1) is 11.5. The van der Waals surface area contributed by atoms with Crippen LogP contribution in [0.4, 0.5) is 9.52 Å². The molecule has 0 fully saturated rings. The van der Waals surface area contributed by atoms with E-state index in [1.807, 2.05) is 30.3 Å². The van der Waals surface area contributed by atoms with Crippen LogP contribution in [-0.2, 0) is 0 Å². The van der Waals surface area contributed by atoms with E-state index in [0.29, 0.717) is 15.7 Å². The molecule has 0 aliphatic rings. The summed E-state index contributed by atoms with van der Waals surface area (Å²) < 4.78 is 13.2. The summed E-state index contributed by atoms with van der Waals surface area (Å²) in [5, 5.41) is 2.92. The molecule has 1 heterocycles. The third-order valence-corrected chi connectivity index (χ3v) is 4.37. The van der Waals surface area contributed by atoms with Crippen molar-refractivity contribution < 1.29 is 14.0 Å². The maximum absolute atomic E-state index is 13.2. The number of hydrogen-bond donors (Lipinski definition) is 1. The molecule has 2 aromatic carbocycles. The Morgan fingerprint density at radius 3 is 2.50 bits per heavy atom. The van der Waals surface area contributed by atoms with Crippen molar-refractivity contribution in [1.29, 1.82) is 0 Å². The average molecular weight is 340 g/mol. The molecule has 120 valence electrons. The Morgan fingerprint density at radius 2 is 1.83 bits per heavy atom. The van der Waals surface area contributed by atoms with Gasteiger partial charge in [0.05, 0.1) is 10.6 Å². The summed E-state index contributed by atoms with van der Waals surface area (Å²) in [5.74, 6) is -1.09. The first kappa shape index (κ1) is 16.0. The molecule has 1 aromatic heterocycles. The van der Waals surface area contributed by atoms with E-state index in [9.17, 15) is 14.0 Å². The summed E-state index contributed by atoms with van der Waals surface area (Å²) in [7, 11) is 0. The van der Waals surface area contributed by atoms with Gasteiger partial charge in [0.25, 0.3) is 5.91 Å². The molecule has 0 aliphatic heterocycles. The van der Waals surface area contributed by atoms with E-state index in [0.717, 1.165) is 23.0 Å². The number of carbonyl (C=O) groups is 2. The monoisotopic (exact) mass is 340 g/mol. The molecule has 0 atom stereocenters. The number of halogens is 1. The van der Waals surface area contributed by atoms with E-state index in [1.54, 1.807) is 0 Å². The minimum Gasteiger partial charge on any atom is -0.298 e.